The smallest absolute Gasteiger partial charge is 0.262 e. The number of carbonyl (C=O) groups is 3. The van der Waals surface area contributed by atoms with Crippen LogP contribution in [0.1, 0.15) is 20.7 Å². The van der Waals surface area contributed by atoms with Crippen molar-refractivity contribution in [2.45, 2.75) is 0 Å². The number of nitrogens with one attached hydrogen (secondary N) is 1. The van der Waals surface area contributed by atoms with Crippen LogP contribution in [0.2, 0.25) is 0 Å². The number of hydrogen-bond donors (Lipinski definition) is 1. The number of aromatic nitrogens is 1. The Labute approximate surface area is 178 Å². The summed E-state index contributed by atoms with van der Waals surface area (Å²) in [6, 6.07) is 24.0. The molecule has 0 bridgehead atoms. The molecule has 0 atom stereocenters. The first-order chi connectivity index (χ1) is 15.1. The van der Waals surface area contributed by atoms with Crippen molar-refractivity contribution in [1.82, 2.24) is 9.88 Å². The number of amides is 3. The van der Waals surface area contributed by atoms with Crippen molar-refractivity contribution >= 4 is 34.3 Å². The van der Waals surface area contributed by atoms with E-state index in [0.29, 0.717) is 22.3 Å². The zero-order valence-electron chi connectivity index (χ0n) is 16.4. The van der Waals surface area contributed by atoms with Crippen LogP contribution in [0.5, 0.6) is 0 Å². The van der Waals surface area contributed by atoms with Crippen LogP contribution in [0, 0.1) is 0 Å². The maximum Gasteiger partial charge on any atom is 0.262 e. The molecule has 1 N–H and O–H groups in total. The lowest BCUT2D eigenvalue weighted by Crippen LogP contribution is -2.37. The highest BCUT2D eigenvalue weighted by molar-refractivity contribution is 6.22. The molecule has 6 nitrogen and oxygen atoms in total. The third kappa shape index (κ3) is 3.24. The zero-order valence-corrected chi connectivity index (χ0v) is 16.4. The number of carbonyl (C=O) groups excluding carboxylic acids is 3. The fourth-order valence-corrected chi connectivity index (χ4v) is 3.86. The number of anilines is 1. The molecular formula is C25H17N3O3. The van der Waals surface area contributed by atoms with Crippen LogP contribution in [-0.4, -0.2) is 34.2 Å². The van der Waals surface area contributed by atoms with E-state index in [2.05, 4.69) is 10.3 Å². The van der Waals surface area contributed by atoms with Crippen molar-refractivity contribution in [2.75, 3.05) is 11.9 Å². The molecule has 0 aliphatic carbocycles. The molecule has 0 spiro atoms. The van der Waals surface area contributed by atoms with Crippen molar-refractivity contribution in [3.05, 3.63) is 96.2 Å². The van der Waals surface area contributed by atoms with Crippen molar-refractivity contribution < 1.29 is 14.4 Å². The number of benzene rings is 3. The van der Waals surface area contributed by atoms with Gasteiger partial charge in [-0.2, -0.15) is 0 Å². The second kappa shape index (κ2) is 7.50. The van der Waals surface area contributed by atoms with E-state index in [1.54, 1.807) is 36.5 Å². The molecule has 0 saturated carbocycles. The van der Waals surface area contributed by atoms with Gasteiger partial charge in [0.15, 0.2) is 0 Å². The highest BCUT2D eigenvalue weighted by atomic mass is 16.2. The van der Waals surface area contributed by atoms with Crippen LogP contribution in [0.4, 0.5) is 5.69 Å². The number of rotatable bonds is 4. The maximum atomic E-state index is 12.7. The average Bonchev–Trinajstić information content (AvgIpc) is 3.04. The topological polar surface area (TPSA) is 79.4 Å². The van der Waals surface area contributed by atoms with Gasteiger partial charge in [0.2, 0.25) is 5.91 Å². The molecule has 1 aliphatic heterocycles. The summed E-state index contributed by atoms with van der Waals surface area (Å²) in [4.78, 5) is 43.2. The lowest BCUT2D eigenvalue weighted by Gasteiger charge is -2.15. The number of imide groups is 1. The van der Waals surface area contributed by atoms with E-state index in [-0.39, 0.29) is 6.54 Å². The molecule has 0 saturated heterocycles. The molecule has 2 heterocycles. The summed E-state index contributed by atoms with van der Waals surface area (Å²) in [6.45, 7) is -0.360. The van der Waals surface area contributed by atoms with E-state index >= 15 is 0 Å². The van der Waals surface area contributed by atoms with Gasteiger partial charge >= 0.3 is 0 Å². The normalized spacial score (nSPS) is 12.8. The van der Waals surface area contributed by atoms with Gasteiger partial charge in [0.1, 0.15) is 6.54 Å². The van der Waals surface area contributed by atoms with E-state index < -0.39 is 17.7 Å². The first-order valence-corrected chi connectivity index (χ1v) is 9.82. The standard InChI is InChI=1S/C25H17N3O3/c29-22(15-28-24(30)19-9-4-5-10-20(19)25(28)31)27-21-12-6-11-18-17(13-14-26-23(18)21)16-7-2-1-3-8-16/h1-14H,15H2,(H,27,29). The molecule has 31 heavy (non-hydrogen) atoms. The Morgan fingerprint density at radius 3 is 2.16 bits per heavy atom. The van der Waals surface area contributed by atoms with Gasteiger partial charge in [-0.25, -0.2) is 0 Å². The van der Waals surface area contributed by atoms with Crippen LogP contribution in [0.3, 0.4) is 0 Å². The van der Waals surface area contributed by atoms with Gasteiger partial charge in [0.05, 0.1) is 22.3 Å². The van der Waals surface area contributed by atoms with Crippen molar-refractivity contribution in [3.63, 3.8) is 0 Å². The van der Waals surface area contributed by atoms with Gasteiger partial charge in [0, 0.05) is 11.6 Å². The Hall–Kier alpha value is -4.32. The highest BCUT2D eigenvalue weighted by Gasteiger charge is 2.36. The van der Waals surface area contributed by atoms with E-state index in [4.69, 9.17) is 0 Å². The van der Waals surface area contributed by atoms with Crippen molar-refractivity contribution in [2.24, 2.45) is 0 Å². The number of pyridine rings is 1. The van der Waals surface area contributed by atoms with Crippen LogP contribution < -0.4 is 5.32 Å². The minimum atomic E-state index is -0.464. The second-order valence-corrected chi connectivity index (χ2v) is 7.22. The first-order valence-electron chi connectivity index (χ1n) is 9.82. The molecule has 6 heteroatoms. The lowest BCUT2D eigenvalue weighted by molar-refractivity contribution is -0.116. The van der Waals surface area contributed by atoms with E-state index in [1.165, 1.54) is 0 Å². The largest absolute Gasteiger partial charge is 0.323 e. The predicted molar refractivity (Wildman–Crippen MR) is 118 cm³/mol. The maximum absolute atomic E-state index is 12.7. The number of para-hydroxylation sites is 1. The third-order valence-electron chi connectivity index (χ3n) is 5.31. The molecular weight excluding hydrogens is 390 g/mol. The number of hydrogen-bond acceptors (Lipinski definition) is 4. The third-order valence-corrected chi connectivity index (χ3v) is 5.31. The summed E-state index contributed by atoms with van der Waals surface area (Å²) in [6.07, 6.45) is 1.70. The van der Waals surface area contributed by atoms with Gasteiger partial charge in [-0.1, -0.05) is 54.6 Å². The monoisotopic (exact) mass is 407 g/mol. The van der Waals surface area contributed by atoms with Crippen LogP contribution in [-0.2, 0) is 4.79 Å². The Morgan fingerprint density at radius 1 is 0.774 bits per heavy atom. The lowest BCUT2D eigenvalue weighted by atomic mass is 10.0. The number of fused-ring (bicyclic) bond motifs is 2. The Kier molecular flexibility index (Phi) is 4.52. The van der Waals surface area contributed by atoms with Crippen molar-refractivity contribution in [3.8, 4) is 11.1 Å². The molecule has 3 aromatic carbocycles. The molecule has 3 amide bonds. The van der Waals surface area contributed by atoms with E-state index in [9.17, 15) is 14.4 Å². The minimum Gasteiger partial charge on any atom is -0.323 e. The Morgan fingerprint density at radius 2 is 1.45 bits per heavy atom. The molecule has 4 aromatic rings. The summed E-state index contributed by atoms with van der Waals surface area (Å²) in [5, 5.41) is 3.71. The molecule has 0 radical (unpaired) electrons. The average molecular weight is 407 g/mol. The van der Waals surface area contributed by atoms with E-state index in [1.807, 2.05) is 48.5 Å². The predicted octanol–water partition coefficient (Wildman–Crippen LogP) is 4.14. The molecule has 1 aliphatic rings. The summed E-state index contributed by atoms with van der Waals surface area (Å²) < 4.78 is 0. The minimum absolute atomic E-state index is 0.319. The van der Waals surface area contributed by atoms with Gasteiger partial charge in [-0.05, 0) is 35.4 Å². The Balaban J connectivity index is 1.42. The highest BCUT2D eigenvalue weighted by Crippen LogP contribution is 2.31. The molecule has 1 aromatic heterocycles. The van der Waals surface area contributed by atoms with Crippen LogP contribution >= 0.6 is 0 Å². The van der Waals surface area contributed by atoms with Gasteiger partial charge in [-0.15, -0.1) is 0 Å². The first kappa shape index (κ1) is 18.7. The van der Waals surface area contributed by atoms with Crippen LogP contribution in [0.15, 0.2) is 85.1 Å². The molecule has 0 unspecified atom stereocenters. The van der Waals surface area contributed by atoms with E-state index in [0.717, 1.165) is 21.4 Å². The second-order valence-electron chi connectivity index (χ2n) is 7.22. The van der Waals surface area contributed by atoms with Gasteiger partial charge in [0.25, 0.3) is 11.8 Å². The SMILES string of the molecule is O=C(CN1C(=O)c2ccccc2C1=O)Nc1cccc2c(-c3ccccc3)ccnc12. The summed E-state index contributed by atoms with van der Waals surface area (Å²) in [5.74, 6) is -1.38. The molecule has 0 fully saturated rings. The van der Waals surface area contributed by atoms with Gasteiger partial charge < -0.3 is 5.32 Å². The quantitative estimate of drug-likeness (QED) is 0.516. The van der Waals surface area contributed by atoms with Crippen LogP contribution in [0.25, 0.3) is 22.0 Å². The Bertz CT molecular complexity index is 1310. The van der Waals surface area contributed by atoms with Gasteiger partial charge in [-0.3, -0.25) is 24.3 Å². The van der Waals surface area contributed by atoms with Crippen molar-refractivity contribution in [1.29, 1.82) is 0 Å². The number of nitrogens with zero attached hydrogens (tertiary/aromatic N) is 2. The fraction of sp³-hybridized carbons (Fsp3) is 0.0400. The molecule has 5 rings (SSSR count). The zero-order chi connectivity index (χ0) is 21.4. The summed E-state index contributed by atoms with van der Waals surface area (Å²) in [5.41, 5.74) is 3.85. The summed E-state index contributed by atoms with van der Waals surface area (Å²) >= 11 is 0. The summed E-state index contributed by atoms with van der Waals surface area (Å²) in [7, 11) is 0. The fourth-order valence-electron chi connectivity index (χ4n) is 3.86. The molecule has 150 valence electrons.